The SMILES string of the molecule is Cc1nc(C(C)C)ncc1C(=O)NCc1cccnc1-n1ccnc1. The number of nitrogens with zero attached hydrogens (tertiary/aromatic N) is 5. The number of amides is 1. The summed E-state index contributed by atoms with van der Waals surface area (Å²) in [7, 11) is 0. The molecule has 0 radical (unpaired) electrons. The summed E-state index contributed by atoms with van der Waals surface area (Å²) in [6.45, 7) is 6.22. The van der Waals surface area contributed by atoms with E-state index in [1.165, 1.54) is 0 Å². The van der Waals surface area contributed by atoms with Crippen LogP contribution < -0.4 is 5.32 Å². The molecular formula is C18H20N6O. The van der Waals surface area contributed by atoms with Gasteiger partial charge in [-0.05, 0) is 13.0 Å². The van der Waals surface area contributed by atoms with Crippen LogP contribution in [-0.4, -0.2) is 30.4 Å². The fourth-order valence-corrected chi connectivity index (χ4v) is 2.44. The smallest absolute Gasteiger partial charge is 0.254 e. The Morgan fingerprint density at radius 3 is 2.80 bits per heavy atom. The number of imidazole rings is 1. The first-order chi connectivity index (χ1) is 12.1. The van der Waals surface area contributed by atoms with E-state index in [9.17, 15) is 4.79 Å². The molecule has 0 bridgehead atoms. The Morgan fingerprint density at radius 1 is 1.28 bits per heavy atom. The molecule has 25 heavy (non-hydrogen) atoms. The molecule has 3 heterocycles. The van der Waals surface area contributed by atoms with E-state index in [4.69, 9.17) is 0 Å². The third kappa shape index (κ3) is 3.71. The summed E-state index contributed by atoms with van der Waals surface area (Å²) in [6, 6.07) is 3.77. The number of hydrogen-bond acceptors (Lipinski definition) is 5. The van der Waals surface area contributed by atoms with Crippen LogP contribution in [0.25, 0.3) is 5.82 Å². The lowest BCUT2D eigenvalue weighted by Gasteiger charge is -2.12. The van der Waals surface area contributed by atoms with E-state index in [1.54, 1.807) is 24.9 Å². The number of carbonyl (C=O) groups is 1. The number of rotatable bonds is 5. The van der Waals surface area contributed by atoms with Crippen LogP contribution in [0.3, 0.4) is 0 Å². The van der Waals surface area contributed by atoms with Crippen LogP contribution in [0.1, 0.15) is 47.2 Å². The van der Waals surface area contributed by atoms with E-state index in [0.717, 1.165) is 17.2 Å². The first-order valence-electron chi connectivity index (χ1n) is 8.10. The summed E-state index contributed by atoms with van der Waals surface area (Å²) in [5.74, 6) is 1.50. The van der Waals surface area contributed by atoms with Crippen LogP contribution in [-0.2, 0) is 6.54 Å². The number of nitrogens with one attached hydrogen (secondary N) is 1. The monoisotopic (exact) mass is 336 g/mol. The molecule has 0 aromatic carbocycles. The molecule has 1 N–H and O–H groups in total. The van der Waals surface area contributed by atoms with Crippen LogP contribution in [0.5, 0.6) is 0 Å². The van der Waals surface area contributed by atoms with Gasteiger partial charge in [0.25, 0.3) is 5.91 Å². The van der Waals surface area contributed by atoms with Crippen LogP contribution in [0, 0.1) is 6.92 Å². The zero-order valence-electron chi connectivity index (χ0n) is 14.5. The van der Waals surface area contributed by atoms with Gasteiger partial charge in [-0.3, -0.25) is 9.36 Å². The zero-order chi connectivity index (χ0) is 17.8. The fourth-order valence-electron chi connectivity index (χ4n) is 2.44. The van der Waals surface area contributed by atoms with Gasteiger partial charge in [0.2, 0.25) is 0 Å². The maximum Gasteiger partial charge on any atom is 0.254 e. The Morgan fingerprint density at radius 2 is 2.12 bits per heavy atom. The minimum atomic E-state index is -0.201. The van der Waals surface area contributed by atoms with Crippen molar-refractivity contribution in [1.29, 1.82) is 0 Å². The van der Waals surface area contributed by atoms with Crippen molar-refractivity contribution in [3.63, 3.8) is 0 Å². The molecule has 128 valence electrons. The Kier molecular flexibility index (Phi) is 4.83. The molecular weight excluding hydrogens is 316 g/mol. The molecule has 1 amide bonds. The summed E-state index contributed by atoms with van der Waals surface area (Å²) in [5, 5.41) is 2.91. The molecule has 0 unspecified atom stereocenters. The van der Waals surface area contributed by atoms with Gasteiger partial charge in [0.1, 0.15) is 18.0 Å². The predicted octanol–water partition coefficient (Wildman–Crippen LogP) is 2.42. The highest BCUT2D eigenvalue weighted by Gasteiger charge is 2.14. The summed E-state index contributed by atoms with van der Waals surface area (Å²) in [4.78, 5) is 29.6. The molecule has 7 heteroatoms. The van der Waals surface area contributed by atoms with Gasteiger partial charge in [-0.1, -0.05) is 19.9 Å². The highest BCUT2D eigenvalue weighted by Crippen LogP contribution is 2.13. The molecule has 7 nitrogen and oxygen atoms in total. The molecule has 3 aromatic rings. The maximum absolute atomic E-state index is 12.5. The first kappa shape index (κ1) is 16.8. The van der Waals surface area contributed by atoms with Gasteiger partial charge in [-0.15, -0.1) is 0 Å². The Bertz CT molecular complexity index is 873. The molecule has 0 fully saturated rings. The average molecular weight is 336 g/mol. The minimum Gasteiger partial charge on any atom is -0.348 e. The summed E-state index contributed by atoms with van der Waals surface area (Å²) < 4.78 is 1.81. The van der Waals surface area contributed by atoms with E-state index >= 15 is 0 Å². The molecule has 0 saturated carbocycles. The van der Waals surface area contributed by atoms with Crippen molar-refractivity contribution in [2.45, 2.75) is 33.2 Å². The van der Waals surface area contributed by atoms with Crippen molar-refractivity contribution in [1.82, 2.24) is 29.8 Å². The second-order valence-corrected chi connectivity index (χ2v) is 6.02. The molecule has 0 spiro atoms. The summed E-state index contributed by atoms with van der Waals surface area (Å²) in [6.07, 6.45) is 8.48. The fraction of sp³-hybridized carbons (Fsp3) is 0.278. The summed E-state index contributed by atoms with van der Waals surface area (Å²) >= 11 is 0. The topological polar surface area (TPSA) is 85.6 Å². The lowest BCUT2D eigenvalue weighted by atomic mass is 10.1. The van der Waals surface area contributed by atoms with Crippen molar-refractivity contribution in [3.05, 3.63) is 65.9 Å². The molecule has 0 aliphatic heterocycles. The second-order valence-electron chi connectivity index (χ2n) is 6.02. The average Bonchev–Trinajstić information content (AvgIpc) is 3.14. The normalized spacial score (nSPS) is 10.9. The number of hydrogen-bond donors (Lipinski definition) is 1. The lowest BCUT2D eigenvalue weighted by molar-refractivity contribution is 0.0949. The van der Waals surface area contributed by atoms with Crippen molar-refractivity contribution >= 4 is 5.91 Å². The highest BCUT2D eigenvalue weighted by molar-refractivity contribution is 5.94. The van der Waals surface area contributed by atoms with Crippen molar-refractivity contribution < 1.29 is 4.79 Å². The first-order valence-corrected chi connectivity index (χ1v) is 8.10. The van der Waals surface area contributed by atoms with Gasteiger partial charge in [0, 0.05) is 42.8 Å². The maximum atomic E-state index is 12.5. The predicted molar refractivity (Wildman–Crippen MR) is 93.4 cm³/mol. The van der Waals surface area contributed by atoms with Crippen LogP contribution >= 0.6 is 0 Å². The van der Waals surface area contributed by atoms with E-state index in [1.807, 2.05) is 43.7 Å². The van der Waals surface area contributed by atoms with Crippen LogP contribution in [0.15, 0.2) is 43.2 Å². The number of pyridine rings is 1. The van der Waals surface area contributed by atoms with Gasteiger partial charge < -0.3 is 5.32 Å². The van der Waals surface area contributed by atoms with E-state index in [0.29, 0.717) is 17.8 Å². The highest BCUT2D eigenvalue weighted by atomic mass is 16.1. The number of carbonyl (C=O) groups excluding carboxylic acids is 1. The molecule has 3 rings (SSSR count). The van der Waals surface area contributed by atoms with Gasteiger partial charge in [0.05, 0.1) is 11.3 Å². The van der Waals surface area contributed by atoms with Crippen LogP contribution in [0.4, 0.5) is 0 Å². The van der Waals surface area contributed by atoms with E-state index < -0.39 is 0 Å². The molecule has 0 aliphatic rings. The Hall–Kier alpha value is -3.09. The number of aromatic nitrogens is 5. The van der Waals surface area contributed by atoms with E-state index in [2.05, 4.69) is 25.3 Å². The quantitative estimate of drug-likeness (QED) is 0.773. The Labute approximate surface area is 146 Å². The largest absolute Gasteiger partial charge is 0.348 e. The van der Waals surface area contributed by atoms with Gasteiger partial charge >= 0.3 is 0 Å². The van der Waals surface area contributed by atoms with Gasteiger partial charge in [0.15, 0.2) is 0 Å². The third-order valence-corrected chi connectivity index (χ3v) is 3.81. The van der Waals surface area contributed by atoms with Gasteiger partial charge in [-0.2, -0.15) is 0 Å². The summed E-state index contributed by atoms with van der Waals surface area (Å²) in [5.41, 5.74) is 2.06. The van der Waals surface area contributed by atoms with Gasteiger partial charge in [-0.25, -0.2) is 19.9 Å². The Balaban J connectivity index is 1.76. The van der Waals surface area contributed by atoms with E-state index in [-0.39, 0.29) is 11.8 Å². The van der Waals surface area contributed by atoms with Crippen LogP contribution in [0.2, 0.25) is 0 Å². The third-order valence-electron chi connectivity index (χ3n) is 3.81. The lowest BCUT2D eigenvalue weighted by Crippen LogP contribution is -2.25. The molecule has 3 aromatic heterocycles. The standard InChI is InChI=1S/C18H20N6O/c1-12(2)16-21-10-15(13(3)23-16)18(25)22-9-14-5-4-6-20-17(14)24-8-7-19-11-24/h4-8,10-12H,9H2,1-3H3,(H,22,25). The van der Waals surface area contributed by atoms with Crippen molar-refractivity contribution in [2.75, 3.05) is 0 Å². The van der Waals surface area contributed by atoms with Crippen molar-refractivity contribution in [2.24, 2.45) is 0 Å². The molecule has 0 atom stereocenters. The van der Waals surface area contributed by atoms with Crippen molar-refractivity contribution in [3.8, 4) is 5.82 Å². The number of aryl methyl sites for hydroxylation is 1. The zero-order valence-corrected chi connectivity index (χ0v) is 14.5. The molecule has 0 saturated heterocycles. The second kappa shape index (κ2) is 7.21. The molecule has 0 aliphatic carbocycles. The minimum absolute atomic E-state index is 0.201.